The number of aryl methyl sites for hydroxylation is 2. The van der Waals surface area contributed by atoms with Crippen LogP contribution in [-0.4, -0.2) is 143 Å². The Labute approximate surface area is 411 Å². The van der Waals surface area contributed by atoms with Crippen LogP contribution in [0.3, 0.4) is 0 Å². The van der Waals surface area contributed by atoms with E-state index in [0.717, 1.165) is 22.3 Å². The highest BCUT2D eigenvalue weighted by Crippen LogP contribution is 2.16. The van der Waals surface area contributed by atoms with E-state index in [4.69, 9.17) is 0 Å². The summed E-state index contributed by atoms with van der Waals surface area (Å²) >= 11 is 0. The van der Waals surface area contributed by atoms with E-state index in [1.807, 2.05) is 72.8 Å². The molecule has 0 radical (unpaired) electrons. The predicted molar refractivity (Wildman–Crippen MR) is 266 cm³/mol. The number of carbonyl (C=O) groups excluding carboxylic acids is 8. The van der Waals surface area contributed by atoms with Crippen LogP contribution in [0.4, 0.5) is 0 Å². The molecule has 8 atom stereocenters. The molecule has 1 heterocycles. The summed E-state index contributed by atoms with van der Waals surface area (Å²) in [5.41, 5.74) is 3.25. The minimum absolute atomic E-state index is 0.0451. The maximum absolute atomic E-state index is 14.5. The number of likely N-dealkylation sites (N-methyl/N-ethyl adjacent to an activating group) is 4. The summed E-state index contributed by atoms with van der Waals surface area (Å²) < 4.78 is 0. The van der Waals surface area contributed by atoms with Crippen LogP contribution in [0.15, 0.2) is 121 Å². The van der Waals surface area contributed by atoms with Crippen molar-refractivity contribution < 1.29 is 38.4 Å². The van der Waals surface area contributed by atoms with Crippen LogP contribution in [0.2, 0.25) is 0 Å². The fourth-order valence-corrected chi connectivity index (χ4v) is 8.15. The average molecular weight is 957 g/mol. The second-order valence-electron chi connectivity index (χ2n) is 18.2. The van der Waals surface area contributed by atoms with Gasteiger partial charge in [0.2, 0.25) is 47.3 Å². The SMILES string of the molecule is C[C@@H]1C(=O)N[C@@H](Cc2ccccc2)C(=O)N(C)[C@H](C)C(=O)N[C@@H](CCc2ccccc2)C(=O)N(C)[C@H](C)C(=O)N[C@@H](Cc2ccccc2)C(=O)N(C)[C@H](C)C(=O)N[C@@H](CCc2ccccc2)C(=O)N1C. The maximum atomic E-state index is 14.5. The molecule has 1 aliphatic heterocycles. The number of rotatable bonds is 10. The first kappa shape index (κ1) is 53.6. The van der Waals surface area contributed by atoms with Gasteiger partial charge in [0.15, 0.2) is 0 Å². The molecule has 8 amide bonds. The molecule has 4 aromatic carbocycles. The van der Waals surface area contributed by atoms with E-state index in [0.29, 0.717) is 12.8 Å². The third-order valence-corrected chi connectivity index (χ3v) is 13.4. The molecule has 70 heavy (non-hydrogen) atoms. The molecule has 4 aromatic rings. The third kappa shape index (κ3) is 14.3. The normalized spacial score (nSPS) is 24.3. The van der Waals surface area contributed by atoms with Crippen LogP contribution in [0.1, 0.15) is 62.8 Å². The Hall–Kier alpha value is -7.36. The molecule has 16 heteroatoms. The van der Waals surface area contributed by atoms with Gasteiger partial charge in [-0.3, -0.25) is 38.4 Å². The van der Waals surface area contributed by atoms with Crippen molar-refractivity contribution in [2.45, 2.75) is 115 Å². The van der Waals surface area contributed by atoms with Crippen LogP contribution >= 0.6 is 0 Å². The van der Waals surface area contributed by atoms with Crippen molar-refractivity contribution in [1.82, 2.24) is 40.9 Å². The molecule has 0 spiro atoms. The maximum Gasteiger partial charge on any atom is 0.245 e. The lowest BCUT2D eigenvalue weighted by Crippen LogP contribution is -2.61. The minimum atomic E-state index is -1.19. The van der Waals surface area contributed by atoms with Crippen molar-refractivity contribution >= 4 is 47.3 Å². The first-order valence-electron chi connectivity index (χ1n) is 23.8. The average Bonchev–Trinajstić information content (AvgIpc) is 3.38. The zero-order valence-electron chi connectivity index (χ0n) is 41.5. The Kier molecular flexibility index (Phi) is 19.4. The van der Waals surface area contributed by atoms with Crippen molar-refractivity contribution in [1.29, 1.82) is 0 Å². The Morgan fingerprint density at radius 3 is 0.800 bits per heavy atom. The zero-order chi connectivity index (χ0) is 51.1. The molecule has 0 unspecified atom stereocenters. The first-order chi connectivity index (χ1) is 33.4. The molecule has 0 saturated carbocycles. The summed E-state index contributed by atoms with van der Waals surface area (Å²) in [6, 6.07) is 27.5. The highest BCUT2D eigenvalue weighted by molar-refractivity contribution is 5.98. The molecule has 16 nitrogen and oxygen atoms in total. The summed E-state index contributed by atoms with van der Waals surface area (Å²) in [5, 5.41) is 11.4. The van der Waals surface area contributed by atoms with Gasteiger partial charge in [-0.25, -0.2) is 0 Å². The van der Waals surface area contributed by atoms with Crippen LogP contribution in [0.25, 0.3) is 0 Å². The van der Waals surface area contributed by atoms with Gasteiger partial charge in [0.1, 0.15) is 48.3 Å². The lowest BCUT2D eigenvalue weighted by Gasteiger charge is -2.34. The molecule has 0 aliphatic carbocycles. The second kappa shape index (κ2) is 25.3. The molecular formula is C54H68N8O8. The number of amides is 8. The highest BCUT2D eigenvalue weighted by atomic mass is 16.2. The van der Waals surface area contributed by atoms with E-state index in [2.05, 4.69) is 21.3 Å². The van der Waals surface area contributed by atoms with E-state index < -0.39 is 95.6 Å². The van der Waals surface area contributed by atoms with Gasteiger partial charge in [-0.05, 0) is 75.6 Å². The van der Waals surface area contributed by atoms with Crippen LogP contribution < -0.4 is 21.3 Å². The Morgan fingerprint density at radius 1 is 0.329 bits per heavy atom. The molecule has 4 N–H and O–H groups in total. The van der Waals surface area contributed by atoms with Gasteiger partial charge >= 0.3 is 0 Å². The highest BCUT2D eigenvalue weighted by Gasteiger charge is 2.38. The largest absolute Gasteiger partial charge is 0.343 e. The van der Waals surface area contributed by atoms with Crippen molar-refractivity contribution in [2.24, 2.45) is 0 Å². The fraction of sp³-hybridized carbons (Fsp3) is 0.407. The molecule has 0 aromatic heterocycles. The number of carbonyl (C=O) groups is 8. The Morgan fingerprint density at radius 2 is 0.543 bits per heavy atom. The van der Waals surface area contributed by atoms with Gasteiger partial charge in [0, 0.05) is 41.0 Å². The Balaban J connectivity index is 1.54. The van der Waals surface area contributed by atoms with Crippen LogP contribution in [0.5, 0.6) is 0 Å². The van der Waals surface area contributed by atoms with Gasteiger partial charge in [0.05, 0.1) is 0 Å². The molecule has 1 saturated heterocycles. The fourth-order valence-electron chi connectivity index (χ4n) is 8.15. The first-order valence-corrected chi connectivity index (χ1v) is 23.8. The van der Waals surface area contributed by atoms with Gasteiger partial charge < -0.3 is 40.9 Å². The van der Waals surface area contributed by atoms with Gasteiger partial charge in [-0.1, -0.05) is 121 Å². The van der Waals surface area contributed by atoms with E-state index in [9.17, 15) is 38.4 Å². The minimum Gasteiger partial charge on any atom is -0.343 e. The predicted octanol–water partition coefficient (Wildman–Crippen LogP) is 3.08. The molecule has 5 rings (SSSR count). The van der Waals surface area contributed by atoms with Crippen LogP contribution in [-0.2, 0) is 64.0 Å². The summed E-state index contributed by atoms with van der Waals surface area (Å²) in [4.78, 5) is 120. The summed E-state index contributed by atoms with van der Waals surface area (Å²) in [5.74, 6) is -5.00. The van der Waals surface area contributed by atoms with Crippen LogP contribution in [0, 0.1) is 0 Å². The molecule has 1 fully saturated rings. The lowest BCUT2D eigenvalue weighted by atomic mass is 10.0. The van der Waals surface area contributed by atoms with E-state index >= 15 is 0 Å². The molecule has 372 valence electrons. The monoisotopic (exact) mass is 957 g/mol. The number of benzene rings is 4. The quantitative estimate of drug-likeness (QED) is 0.186. The van der Waals surface area contributed by atoms with Gasteiger partial charge in [0.25, 0.3) is 0 Å². The van der Waals surface area contributed by atoms with Crippen molar-refractivity contribution in [2.75, 3.05) is 28.2 Å². The smallest absolute Gasteiger partial charge is 0.245 e. The summed E-state index contributed by atoms with van der Waals surface area (Å²) in [6.07, 6.45) is 1.14. The van der Waals surface area contributed by atoms with Crippen molar-refractivity contribution in [3.8, 4) is 0 Å². The molecular weight excluding hydrogens is 889 g/mol. The number of nitrogens with one attached hydrogen (secondary N) is 4. The zero-order valence-corrected chi connectivity index (χ0v) is 41.5. The molecule has 1 aliphatic rings. The van der Waals surface area contributed by atoms with Crippen molar-refractivity contribution in [3.63, 3.8) is 0 Å². The molecule has 0 bridgehead atoms. The van der Waals surface area contributed by atoms with Crippen molar-refractivity contribution in [3.05, 3.63) is 144 Å². The van der Waals surface area contributed by atoms with E-state index in [-0.39, 0.29) is 25.7 Å². The number of hydrogen-bond acceptors (Lipinski definition) is 8. The van der Waals surface area contributed by atoms with E-state index in [1.165, 1.54) is 75.5 Å². The lowest BCUT2D eigenvalue weighted by molar-refractivity contribution is -0.146. The van der Waals surface area contributed by atoms with Gasteiger partial charge in [-0.15, -0.1) is 0 Å². The second-order valence-corrected chi connectivity index (χ2v) is 18.2. The van der Waals surface area contributed by atoms with Gasteiger partial charge in [-0.2, -0.15) is 0 Å². The van der Waals surface area contributed by atoms with E-state index in [1.54, 1.807) is 48.5 Å². The topological polar surface area (TPSA) is 198 Å². The standard InChI is InChI=1S/C54H68N8O8/c1-35-47(63)55-43(31-29-39-21-13-9-14-22-39)51(67)59(5)38(4)50(66)58-46(34-42-27-19-12-20-28-42)54(70)62(8)36(2)48(64)56-44(32-30-40-23-15-10-16-24-40)52(68)60(6)37(3)49(65)57-45(53(69)61(35)7)33-41-25-17-11-18-26-41/h9-28,35-38,43-46H,29-34H2,1-8H3,(H,55,63)(H,56,64)(H,57,65)(H,58,66)/t35-,36-,37-,38-,43+,44+,45+,46+/m1/s1. The number of nitrogens with zero attached hydrogens (tertiary/aromatic N) is 4. The summed E-state index contributed by atoms with van der Waals surface area (Å²) in [7, 11) is 5.75. The number of hydrogen-bond donors (Lipinski definition) is 4. The third-order valence-electron chi connectivity index (χ3n) is 13.4. The Bertz CT molecular complexity index is 2260. The summed E-state index contributed by atoms with van der Waals surface area (Å²) in [6.45, 7) is 6.05.